The number of likely N-dealkylation sites (N-methyl/N-ethyl adjacent to an activating group) is 1. The molecular weight excluding hydrogens is 214 g/mol. The van der Waals surface area contributed by atoms with Crippen LogP contribution in [0.4, 0.5) is 0 Å². The Morgan fingerprint density at radius 3 is 2.65 bits per heavy atom. The van der Waals surface area contributed by atoms with Gasteiger partial charge < -0.3 is 15.4 Å². The first-order valence-electron chi connectivity index (χ1n) is 6.93. The highest BCUT2D eigenvalue weighted by atomic mass is 16.5. The van der Waals surface area contributed by atoms with Crippen LogP contribution in [-0.2, 0) is 4.74 Å². The molecule has 2 N–H and O–H groups in total. The second-order valence-electron chi connectivity index (χ2n) is 5.75. The molecule has 2 aliphatic heterocycles. The van der Waals surface area contributed by atoms with E-state index < -0.39 is 0 Å². The van der Waals surface area contributed by atoms with E-state index in [4.69, 9.17) is 10.5 Å². The van der Waals surface area contributed by atoms with Gasteiger partial charge in [0.05, 0.1) is 12.2 Å². The predicted octanol–water partition coefficient (Wildman–Crippen LogP) is 0.519. The van der Waals surface area contributed by atoms with E-state index in [1.54, 1.807) is 0 Å². The highest BCUT2D eigenvalue weighted by molar-refractivity contribution is 4.85. The van der Waals surface area contributed by atoms with Crippen molar-refractivity contribution >= 4 is 0 Å². The summed E-state index contributed by atoms with van der Waals surface area (Å²) in [5.41, 5.74) is 5.65. The van der Waals surface area contributed by atoms with E-state index >= 15 is 0 Å². The highest BCUT2D eigenvalue weighted by Crippen LogP contribution is 2.24. The van der Waals surface area contributed by atoms with Gasteiger partial charge in [-0.3, -0.25) is 4.90 Å². The van der Waals surface area contributed by atoms with Gasteiger partial charge >= 0.3 is 0 Å². The summed E-state index contributed by atoms with van der Waals surface area (Å²) < 4.78 is 5.95. The summed E-state index contributed by atoms with van der Waals surface area (Å²) in [7, 11) is 4.32. The third-order valence-electron chi connectivity index (χ3n) is 3.97. The van der Waals surface area contributed by atoms with Gasteiger partial charge in [0.2, 0.25) is 0 Å². The Bertz CT molecular complexity index is 235. The molecule has 0 aromatic rings. The van der Waals surface area contributed by atoms with Crippen molar-refractivity contribution in [2.24, 2.45) is 5.73 Å². The first kappa shape index (κ1) is 13.3. The second kappa shape index (κ2) is 6.14. The SMILES string of the molecule is CN(C)CC1CCCN1CC1CCC(CN)O1. The van der Waals surface area contributed by atoms with Crippen molar-refractivity contribution in [3.05, 3.63) is 0 Å². The molecule has 3 unspecified atom stereocenters. The molecule has 0 amide bonds. The Balaban J connectivity index is 1.78. The standard InChI is InChI=1S/C13H27N3O/c1-15(2)9-11-4-3-7-16(11)10-13-6-5-12(8-14)17-13/h11-13H,3-10,14H2,1-2H3. The van der Waals surface area contributed by atoms with Gasteiger partial charge in [0.25, 0.3) is 0 Å². The van der Waals surface area contributed by atoms with Crippen LogP contribution in [0.5, 0.6) is 0 Å². The van der Waals surface area contributed by atoms with Crippen LogP contribution in [0.15, 0.2) is 0 Å². The lowest BCUT2D eigenvalue weighted by molar-refractivity contribution is 0.0226. The van der Waals surface area contributed by atoms with Crippen LogP contribution in [0.2, 0.25) is 0 Å². The van der Waals surface area contributed by atoms with E-state index in [0.717, 1.165) is 19.0 Å². The molecule has 17 heavy (non-hydrogen) atoms. The minimum atomic E-state index is 0.315. The largest absolute Gasteiger partial charge is 0.372 e. The third-order valence-corrected chi connectivity index (χ3v) is 3.97. The van der Waals surface area contributed by atoms with Crippen molar-refractivity contribution in [1.82, 2.24) is 9.80 Å². The number of nitrogens with zero attached hydrogens (tertiary/aromatic N) is 2. The van der Waals surface area contributed by atoms with Crippen LogP contribution in [-0.4, -0.2) is 68.3 Å². The van der Waals surface area contributed by atoms with Gasteiger partial charge in [-0.05, 0) is 46.3 Å². The highest BCUT2D eigenvalue weighted by Gasteiger charge is 2.31. The topological polar surface area (TPSA) is 41.7 Å². The lowest BCUT2D eigenvalue weighted by Crippen LogP contribution is -2.41. The fraction of sp³-hybridized carbons (Fsp3) is 1.00. The molecule has 3 atom stereocenters. The summed E-state index contributed by atoms with van der Waals surface area (Å²) in [6.07, 6.45) is 5.75. The molecule has 0 saturated carbocycles. The van der Waals surface area contributed by atoms with Gasteiger partial charge in [-0.15, -0.1) is 0 Å². The molecule has 0 aromatic heterocycles. The minimum absolute atomic E-state index is 0.315. The van der Waals surface area contributed by atoms with Gasteiger partial charge in [-0.25, -0.2) is 0 Å². The predicted molar refractivity (Wildman–Crippen MR) is 70.1 cm³/mol. The molecule has 0 spiro atoms. The molecule has 100 valence electrons. The Morgan fingerprint density at radius 2 is 2.00 bits per heavy atom. The molecule has 2 fully saturated rings. The third kappa shape index (κ3) is 3.65. The van der Waals surface area contributed by atoms with Crippen molar-refractivity contribution < 1.29 is 4.74 Å². The molecule has 0 radical (unpaired) electrons. The van der Waals surface area contributed by atoms with E-state index in [1.807, 2.05) is 0 Å². The first-order valence-corrected chi connectivity index (χ1v) is 6.93. The summed E-state index contributed by atoms with van der Waals surface area (Å²) in [6.45, 7) is 4.20. The zero-order valence-electron chi connectivity index (χ0n) is 11.3. The molecule has 2 rings (SSSR count). The average Bonchev–Trinajstić information content (AvgIpc) is 2.89. The maximum absolute atomic E-state index is 5.95. The first-order chi connectivity index (χ1) is 8.19. The monoisotopic (exact) mass is 241 g/mol. The Kier molecular flexibility index (Phi) is 4.79. The normalized spacial score (nSPS) is 34.9. The molecule has 4 heteroatoms. The molecule has 0 bridgehead atoms. The van der Waals surface area contributed by atoms with Crippen LogP contribution >= 0.6 is 0 Å². The fourth-order valence-electron chi connectivity index (χ4n) is 3.11. The number of rotatable bonds is 5. The summed E-state index contributed by atoms with van der Waals surface area (Å²) in [5.74, 6) is 0. The molecule has 0 aliphatic carbocycles. The summed E-state index contributed by atoms with van der Waals surface area (Å²) in [4.78, 5) is 4.91. The lowest BCUT2D eigenvalue weighted by atomic mass is 10.1. The van der Waals surface area contributed by atoms with Gasteiger partial charge in [-0.1, -0.05) is 0 Å². The van der Waals surface area contributed by atoms with Crippen molar-refractivity contribution in [3.8, 4) is 0 Å². The lowest BCUT2D eigenvalue weighted by Gasteiger charge is -2.29. The van der Waals surface area contributed by atoms with Gasteiger partial charge in [0.15, 0.2) is 0 Å². The van der Waals surface area contributed by atoms with Crippen molar-refractivity contribution in [1.29, 1.82) is 0 Å². The zero-order valence-corrected chi connectivity index (χ0v) is 11.3. The van der Waals surface area contributed by atoms with E-state index in [9.17, 15) is 0 Å². The maximum atomic E-state index is 5.95. The van der Waals surface area contributed by atoms with Crippen LogP contribution in [0.1, 0.15) is 25.7 Å². The number of hydrogen-bond donors (Lipinski definition) is 1. The Hall–Kier alpha value is -0.160. The van der Waals surface area contributed by atoms with Crippen LogP contribution in [0.25, 0.3) is 0 Å². The minimum Gasteiger partial charge on any atom is -0.372 e. The van der Waals surface area contributed by atoms with Crippen molar-refractivity contribution in [3.63, 3.8) is 0 Å². The quantitative estimate of drug-likeness (QED) is 0.762. The van der Waals surface area contributed by atoms with E-state index in [1.165, 1.54) is 32.4 Å². The number of ether oxygens (including phenoxy) is 1. The van der Waals surface area contributed by atoms with Crippen LogP contribution < -0.4 is 5.73 Å². The van der Waals surface area contributed by atoms with Crippen molar-refractivity contribution in [2.75, 3.05) is 40.3 Å². The van der Waals surface area contributed by atoms with Gasteiger partial charge in [-0.2, -0.15) is 0 Å². The Morgan fingerprint density at radius 1 is 1.24 bits per heavy atom. The van der Waals surface area contributed by atoms with E-state index in [0.29, 0.717) is 18.8 Å². The van der Waals surface area contributed by atoms with E-state index in [-0.39, 0.29) is 0 Å². The van der Waals surface area contributed by atoms with E-state index in [2.05, 4.69) is 23.9 Å². The summed E-state index contributed by atoms with van der Waals surface area (Å²) >= 11 is 0. The van der Waals surface area contributed by atoms with Crippen molar-refractivity contribution in [2.45, 2.75) is 43.9 Å². The molecule has 2 saturated heterocycles. The van der Waals surface area contributed by atoms with Gasteiger partial charge in [0.1, 0.15) is 0 Å². The van der Waals surface area contributed by atoms with Crippen LogP contribution in [0, 0.1) is 0 Å². The molecule has 0 aromatic carbocycles. The Labute approximate surface area is 105 Å². The average molecular weight is 241 g/mol. The second-order valence-corrected chi connectivity index (χ2v) is 5.75. The molecule has 4 nitrogen and oxygen atoms in total. The molecule has 2 aliphatic rings. The molecule has 2 heterocycles. The summed E-state index contributed by atoms with van der Waals surface area (Å²) in [6, 6.07) is 0.727. The number of likely N-dealkylation sites (tertiary alicyclic amines) is 1. The number of nitrogens with two attached hydrogens (primary N) is 1. The maximum Gasteiger partial charge on any atom is 0.0707 e. The zero-order chi connectivity index (χ0) is 12.3. The summed E-state index contributed by atoms with van der Waals surface area (Å²) in [5, 5.41) is 0. The fourth-order valence-corrected chi connectivity index (χ4v) is 3.11. The number of hydrogen-bond acceptors (Lipinski definition) is 4. The van der Waals surface area contributed by atoms with Gasteiger partial charge in [0, 0.05) is 25.7 Å². The van der Waals surface area contributed by atoms with Crippen LogP contribution in [0.3, 0.4) is 0 Å². The smallest absolute Gasteiger partial charge is 0.0707 e. The molecular formula is C13H27N3O.